The molecule has 0 bridgehead atoms. The van der Waals surface area contributed by atoms with Gasteiger partial charge in [0.1, 0.15) is 11.9 Å². The maximum Gasteiger partial charge on any atom is 0.228 e. The largest absolute Gasteiger partial charge is 0.367 e. The third kappa shape index (κ3) is 2.91. The van der Waals surface area contributed by atoms with E-state index in [0.717, 1.165) is 16.4 Å². The van der Waals surface area contributed by atoms with Crippen LogP contribution in [0.4, 0.5) is 0 Å². The number of imidazole rings is 1. The lowest BCUT2D eigenvalue weighted by Gasteiger charge is -2.32. The molecule has 0 aliphatic carbocycles. The van der Waals surface area contributed by atoms with E-state index < -0.39 is 0 Å². The first-order chi connectivity index (χ1) is 9.72. The summed E-state index contributed by atoms with van der Waals surface area (Å²) in [5, 5.41) is 2.00. The molecule has 6 heteroatoms. The molecule has 106 valence electrons. The van der Waals surface area contributed by atoms with Gasteiger partial charge in [-0.15, -0.1) is 11.3 Å². The van der Waals surface area contributed by atoms with Crippen molar-refractivity contribution in [3.8, 4) is 0 Å². The number of aromatic nitrogens is 2. The van der Waals surface area contributed by atoms with Crippen LogP contribution in [-0.2, 0) is 16.0 Å². The number of morpholine rings is 1. The number of H-pyrrole nitrogens is 1. The molecule has 1 aliphatic heterocycles. The summed E-state index contributed by atoms with van der Waals surface area (Å²) in [6.07, 6.45) is 2.11. The molecular formula is C14H17N3O2S. The highest BCUT2D eigenvalue weighted by atomic mass is 32.1. The van der Waals surface area contributed by atoms with Crippen LogP contribution in [0, 0.1) is 6.92 Å². The van der Waals surface area contributed by atoms with Crippen molar-refractivity contribution in [3.05, 3.63) is 40.1 Å². The second kappa shape index (κ2) is 5.76. The summed E-state index contributed by atoms with van der Waals surface area (Å²) in [7, 11) is 0. The number of carbonyl (C=O) groups excluding carboxylic acids is 1. The minimum absolute atomic E-state index is 0.148. The normalized spacial score (nSPS) is 19.2. The third-order valence-electron chi connectivity index (χ3n) is 3.35. The Balaban J connectivity index is 1.64. The van der Waals surface area contributed by atoms with Crippen LogP contribution in [0.15, 0.2) is 23.7 Å². The van der Waals surface area contributed by atoms with Gasteiger partial charge in [-0.2, -0.15) is 0 Å². The minimum Gasteiger partial charge on any atom is -0.367 e. The molecular weight excluding hydrogens is 274 g/mol. The van der Waals surface area contributed by atoms with Crippen LogP contribution >= 0.6 is 11.3 Å². The molecule has 2 aromatic heterocycles. The number of thiophene rings is 1. The standard InChI is InChI=1S/C14H17N3O2S/c1-10-8-15-14(16-10)12-9-17(4-5-19-12)13(18)7-11-3-2-6-20-11/h2-3,6,8,12H,4-5,7,9H2,1H3,(H,15,16). The second-order valence-electron chi connectivity index (χ2n) is 4.91. The summed E-state index contributed by atoms with van der Waals surface area (Å²) in [5.41, 5.74) is 1.01. The summed E-state index contributed by atoms with van der Waals surface area (Å²) >= 11 is 1.62. The SMILES string of the molecule is Cc1cnc(C2CN(C(=O)Cc3cccs3)CCO2)[nH]1. The van der Waals surface area contributed by atoms with Gasteiger partial charge in [0, 0.05) is 23.3 Å². The number of carbonyl (C=O) groups is 1. The highest BCUT2D eigenvalue weighted by molar-refractivity contribution is 7.10. The average molecular weight is 291 g/mol. The van der Waals surface area contributed by atoms with Crippen molar-refractivity contribution in [2.75, 3.05) is 19.7 Å². The van der Waals surface area contributed by atoms with Crippen LogP contribution in [0.25, 0.3) is 0 Å². The fraction of sp³-hybridized carbons (Fsp3) is 0.429. The Morgan fingerprint density at radius 2 is 2.55 bits per heavy atom. The molecule has 0 radical (unpaired) electrons. The van der Waals surface area contributed by atoms with E-state index in [4.69, 9.17) is 4.74 Å². The van der Waals surface area contributed by atoms with Crippen LogP contribution in [0.5, 0.6) is 0 Å². The Morgan fingerprint density at radius 3 is 3.25 bits per heavy atom. The molecule has 1 saturated heterocycles. The Hall–Kier alpha value is -1.66. The first kappa shape index (κ1) is 13.3. The van der Waals surface area contributed by atoms with Crippen molar-refractivity contribution >= 4 is 17.2 Å². The predicted octanol–water partition coefficient (Wildman–Crippen LogP) is 1.92. The molecule has 20 heavy (non-hydrogen) atoms. The maximum absolute atomic E-state index is 12.3. The van der Waals surface area contributed by atoms with Gasteiger partial charge in [-0.25, -0.2) is 4.98 Å². The molecule has 1 aliphatic rings. The molecule has 1 N–H and O–H groups in total. The monoisotopic (exact) mass is 291 g/mol. The van der Waals surface area contributed by atoms with Crippen LogP contribution in [0.3, 0.4) is 0 Å². The van der Waals surface area contributed by atoms with E-state index in [0.29, 0.717) is 26.1 Å². The van der Waals surface area contributed by atoms with Gasteiger partial charge in [0.2, 0.25) is 5.91 Å². The van der Waals surface area contributed by atoms with E-state index in [1.54, 1.807) is 17.5 Å². The van der Waals surface area contributed by atoms with Crippen molar-refractivity contribution < 1.29 is 9.53 Å². The van der Waals surface area contributed by atoms with Gasteiger partial charge in [0.05, 0.1) is 19.6 Å². The molecule has 3 heterocycles. The number of aromatic amines is 1. The molecule has 0 spiro atoms. The average Bonchev–Trinajstić information content (AvgIpc) is 3.10. The van der Waals surface area contributed by atoms with Crippen molar-refractivity contribution in [2.24, 2.45) is 0 Å². The summed E-state index contributed by atoms with van der Waals surface area (Å²) < 4.78 is 5.71. The van der Waals surface area contributed by atoms with E-state index in [-0.39, 0.29) is 12.0 Å². The quantitative estimate of drug-likeness (QED) is 0.940. The summed E-state index contributed by atoms with van der Waals surface area (Å²) in [6, 6.07) is 3.97. The predicted molar refractivity (Wildman–Crippen MR) is 76.6 cm³/mol. The van der Waals surface area contributed by atoms with E-state index in [9.17, 15) is 4.79 Å². The maximum atomic E-state index is 12.3. The minimum atomic E-state index is -0.148. The molecule has 1 amide bonds. The van der Waals surface area contributed by atoms with Crippen molar-refractivity contribution in [1.29, 1.82) is 0 Å². The number of hydrogen-bond donors (Lipinski definition) is 1. The van der Waals surface area contributed by atoms with Gasteiger partial charge in [-0.1, -0.05) is 6.07 Å². The molecule has 5 nitrogen and oxygen atoms in total. The fourth-order valence-electron chi connectivity index (χ4n) is 2.31. The lowest BCUT2D eigenvalue weighted by atomic mass is 10.2. The van der Waals surface area contributed by atoms with Crippen LogP contribution in [0.2, 0.25) is 0 Å². The molecule has 3 rings (SSSR count). The topological polar surface area (TPSA) is 58.2 Å². The first-order valence-electron chi connectivity index (χ1n) is 6.65. The van der Waals surface area contributed by atoms with E-state index in [2.05, 4.69) is 9.97 Å². The number of hydrogen-bond acceptors (Lipinski definition) is 4. The Morgan fingerprint density at radius 1 is 1.65 bits per heavy atom. The highest BCUT2D eigenvalue weighted by Gasteiger charge is 2.27. The fourth-order valence-corrected chi connectivity index (χ4v) is 3.01. The molecule has 0 aromatic carbocycles. The number of nitrogens with one attached hydrogen (secondary N) is 1. The summed E-state index contributed by atoms with van der Waals surface area (Å²) in [4.78, 5) is 22.7. The van der Waals surface area contributed by atoms with Gasteiger partial charge < -0.3 is 14.6 Å². The van der Waals surface area contributed by atoms with Crippen LogP contribution in [-0.4, -0.2) is 40.5 Å². The van der Waals surface area contributed by atoms with E-state index in [1.165, 1.54) is 0 Å². The van der Waals surface area contributed by atoms with E-state index >= 15 is 0 Å². The molecule has 1 unspecified atom stereocenters. The number of rotatable bonds is 3. The number of aryl methyl sites for hydroxylation is 1. The Labute approximate surface area is 121 Å². The van der Waals surface area contributed by atoms with Crippen molar-refractivity contribution in [2.45, 2.75) is 19.4 Å². The highest BCUT2D eigenvalue weighted by Crippen LogP contribution is 2.21. The summed E-state index contributed by atoms with van der Waals surface area (Å²) in [6.45, 7) is 3.73. The van der Waals surface area contributed by atoms with E-state index in [1.807, 2.05) is 29.3 Å². The lowest BCUT2D eigenvalue weighted by Crippen LogP contribution is -2.43. The zero-order chi connectivity index (χ0) is 13.9. The van der Waals surface area contributed by atoms with Gasteiger partial charge in [0.15, 0.2) is 0 Å². The molecule has 2 aromatic rings. The summed E-state index contributed by atoms with van der Waals surface area (Å²) in [5.74, 6) is 0.958. The Bertz CT molecular complexity index is 579. The number of amides is 1. The molecule has 1 fully saturated rings. The van der Waals surface area contributed by atoms with Crippen LogP contribution in [0.1, 0.15) is 22.5 Å². The molecule has 1 atom stereocenters. The van der Waals surface area contributed by atoms with Gasteiger partial charge in [0.25, 0.3) is 0 Å². The second-order valence-corrected chi connectivity index (χ2v) is 5.94. The number of ether oxygens (including phenoxy) is 1. The van der Waals surface area contributed by atoms with Gasteiger partial charge in [-0.05, 0) is 18.4 Å². The molecule has 0 saturated carbocycles. The zero-order valence-corrected chi connectivity index (χ0v) is 12.2. The van der Waals surface area contributed by atoms with Gasteiger partial charge >= 0.3 is 0 Å². The lowest BCUT2D eigenvalue weighted by molar-refractivity contribution is -0.138. The van der Waals surface area contributed by atoms with Crippen molar-refractivity contribution in [3.63, 3.8) is 0 Å². The van der Waals surface area contributed by atoms with Crippen LogP contribution < -0.4 is 0 Å². The first-order valence-corrected chi connectivity index (χ1v) is 7.53. The van der Waals surface area contributed by atoms with Crippen molar-refractivity contribution in [1.82, 2.24) is 14.9 Å². The van der Waals surface area contributed by atoms with Gasteiger partial charge in [-0.3, -0.25) is 4.79 Å². The Kier molecular flexibility index (Phi) is 3.84. The zero-order valence-electron chi connectivity index (χ0n) is 11.3. The third-order valence-corrected chi connectivity index (χ3v) is 4.23. The smallest absolute Gasteiger partial charge is 0.228 e. The number of nitrogens with zero attached hydrogens (tertiary/aromatic N) is 2.